The average Bonchev–Trinajstić information content (AvgIpc) is 2.46. The number of hydrogen-bond donors (Lipinski definition) is 1. The van der Waals surface area contributed by atoms with E-state index in [1.54, 1.807) is 0 Å². The zero-order chi connectivity index (χ0) is 11.6. The zero-order valence-electron chi connectivity index (χ0n) is 9.45. The smallest absolute Gasteiger partial charge is 0.285 e. The van der Waals surface area contributed by atoms with Crippen LogP contribution in [0, 0.1) is 0 Å². The minimum Gasteiger partial charge on any atom is -0.351 e. The average molecular weight is 221 g/mol. The molecule has 0 radical (unpaired) electrons. The van der Waals surface area contributed by atoms with Gasteiger partial charge in [-0.1, -0.05) is 24.3 Å². The molecule has 1 heterocycles. The van der Waals surface area contributed by atoms with Gasteiger partial charge in [0.1, 0.15) is 0 Å². The van der Waals surface area contributed by atoms with E-state index >= 15 is 0 Å². The van der Waals surface area contributed by atoms with Crippen LogP contribution in [0.2, 0.25) is 0 Å². The molecular weight excluding hydrogens is 206 g/mol. The van der Waals surface area contributed by atoms with Crippen molar-refractivity contribution in [3.05, 3.63) is 35.4 Å². The van der Waals surface area contributed by atoms with Crippen LogP contribution in [0.5, 0.6) is 0 Å². The van der Waals surface area contributed by atoms with Gasteiger partial charge in [-0.2, -0.15) is 0 Å². The van der Waals surface area contributed by atoms with Crippen molar-refractivity contribution in [3.63, 3.8) is 0 Å². The van der Waals surface area contributed by atoms with Crippen LogP contribution < -0.4 is 5.32 Å². The van der Waals surface area contributed by atoms with Crippen molar-refractivity contribution >= 4 is 5.91 Å². The second-order valence-electron chi connectivity index (χ2n) is 3.69. The number of carbonyl (C=O) groups is 1. The van der Waals surface area contributed by atoms with Crippen LogP contribution in [0.1, 0.15) is 11.1 Å². The van der Waals surface area contributed by atoms with Crippen molar-refractivity contribution in [3.8, 4) is 0 Å². The number of fused-ring (bicyclic) bond motifs is 1. The standard InChI is InChI=1S/C12H15NO3/c1-15-12(16-2)10-6-4-3-5-9(10)7-8-13-11(12)14/h3-6H,7-8H2,1-2H3,(H,13,14). The van der Waals surface area contributed by atoms with Gasteiger partial charge in [-0.3, -0.25) is 4.79 Å². The second-order valence-corrected chi connectivity index (χ2v) is 3.69. The van der Waals surface area contributed by atoms with Gasteiger partial charge < -0.3 is 14.8 Å². The SMILES string of the molecule is COC1(OC)C(=O)NCCc2ccccc21. The van der Waals surface area contributed by atoms with Crippen molar-refractivity contribution in [2.24, 2.45) is 0 Å². The van der Waals surface area contributed by atoms with Crippen LogP contribution in [0.4, 0.5) is 0 Å². The Kier molecular flexibility index (Phi) is 2.94. The Bertz CT molecular complexity index is 399. The Hall–Kier alpha value is -1.39. The predicted molar refractivity (Wildman–Crippen MR) is 58.9 cm³/mol. The van der Waals surface area contributed by atoms with Crippen molar-refractivity contribution < 1.29 is 14.3 Å². The first-order valence-corrected chi connectivity index (χ1v) is 5.21. The number of benzene rings is 1. The lowest BCUT2D eigenvalue weighted by Crippen LogP contribution is -2.46. The first-order chi connectivity index (χ1) is 7.74. The summed E-state index contributed by atoms with van der Waals surface area (Å²) in [5, 5.41) is 2.80. The molecule has 0 saturated carbocycles. The van der Waals surface area contributed by atoms with Crippen LogP contribution in [0.25, 0.3) is 0 Å². The summed E-state index contributed by atoms with van der Waals surface area (Å²) in [6, 6.07) is 7.69. The molecular formula is C12H15NO3. The normalized spacial score (nSPS) is 18.5. The van der Waals surface area contributed by atoms with Gasteiger partial charge >= 0.3 is 0 Å². The Morgan fingerprint density at radius 3 is 2.62 bits per heavy atom. The molecule has 1 amide bonds. The number of amides is 1. The first kappa shape index (κ1) is 11.1. The van der Waals surface area contributed by atoms with Gasteiger partial charge in [-0.05, 0) is 12.0 Å². The second kappa shape index (κ2) is 4.23. The first-order valence-electron chi connectivity index (χ1n) is 5.21. The fourth-order valence-electron chi connectivity index (χ4n) is 2.10. The largest absolute Gasteiger partial charge is 0.351 e. The number of rotatable bonds is 2. The van der Waals surface area contributed by atoms with Gasteiger partial charge in [-0.15, -0.1) is 0 Å². The molecule has 1 N–H and O–H groups in total. The van der Waals surface area contributed by atoms with Gasteiger partial charge in [0.25, 0.3) is 11.7 Å². The lowest BCUT2D eigenvalue weighted by molar-refractivity contribution is -0.215. The molecule has 0 saturated heterocycles. The molecule has 16 heavy (non-hydrogen) atoms. The third kappa shape index (κ3) is 1.50. The van der Waals surface area contributed by atoms with E-state index in [2.05, 4.69) is 5.32 Å². The van der Waals surface area contributed by atoms with Crippen LogP contribution in [0.15, 0.2) is 24.3 Å². The maximum Gasteiger partial charge on any atom is 0.285 e. The van der Waals surface area contributed by atoms with E-state index in [0.717, 1.165) is 17.5 Å². The van der Waals surface area contributed by atoms with E-state index in [1.165, 1.54) is 14.2 Å². The van der Waals surface area contributed by atoms with Crippen LogP contribution in [-0.4, -0.2) is 26.7 Å². The summed E-state index contributed by atoms with van der Waals surface area (Å²) in [5.74, 6) is -1.56. The maximum atomic E-state index is 12.0. The monoisotopic (exact) mass is 221 g/mol. The highest BCUT2D eigenvalue weighted by Gasteiger charge is 2.43. The number of hydrogen-bond acceptors (Lipinski definition) is 3. The predicted octanol–water partition coefficient (Wildman–Crippen LogP) is 0.804. The molecule has 1 aromatic rings. The Morgan fingerprint density at radius 1 is 1.25 bits per heavy atom. The fourth-order valence-corrected chi connectivity index (χ4v) is 2.10. The van der Waals surface area contributed by atoms with E-state index in [4.69, 9.17) is 9.47 Å². The summed E-state index contributed by atoms with van der Waals surface area (Å²) < 4.78 is 10.6. The number of methoxy groups -OCH3 is 2. The number of carbonyl (C=O) groups excluding carboxylic acids is 1. The summed E-state index contributed by atoms with van der Waals surface area (Å²) in [5.41, 5.74) is 1.86. The minimum absolute atomic E-state index is 0.248. The molecule has 0 aromatic heterocycles. The van der Waals surface area contributed by atoms with Gasteiger partial charge in [0.05, 0.1) is 0 Å². The molecule has 0 unspecified atom stereocenters. The minimum atomic E-state index is -1.31. The van der Waals surface area contributed by atoms with Gasteiger partial charge in [-0.25, -0.2) is 0 Å². The molecule has 0 fully saturated rings. The van der Waals surface area contributed by atoms with E-state index in [9.17, 15) is 4.79 Å². The Labute approximate surface area is 94.6 Å². The molecule has 0 atom stereocenters. The molecule has 4 nitrogen and oxygen atoms in total. The van der Waals surface area contributed by atoms with Gasteiger partial charge in [0, 0.05) is 26.3 Å². The maximum absolute atomic E-state index is 12.0. The number of ether oxygens (including phenoxy) is 2. The highest BCUT2D eigenvalue weighted by atomic mass is 16.7. The Balaban J connectivity index is 2.60. The molecule has 0 aliphatic carbocycles. The molecule has 0 bridgehead atoms. The number of nitrogens with one attached hydrogen (secondary N) is 1. The van der Waals surface area contributed by atoms with Gasteiger partial charge in [0.2, 0.25) is 0 Å². The summed E-state index contributed by atoms with van der Waals surface area (Å²) in [7, 11) is 2.95. The molecule has 0 spiro atoms. The Morgan fingerprint density at radius 2 is 1.94 bits per heavy atom. The molecule has 1 aliphatic rings. The molecule has 4 heteroatoms. The van der Waals surface area contributed by atoms with Crippen LogP contribution in [0.3, 0.4) is 0 Å². The quantitative estimate of drug-likeness (QED) is 0.752. The highest BCUT2D eigenvalue weighted by Crippen LogP contribution is 2.31. The molecule has 1 aliphatic heterocycles. The van der Waals surface area contributed by atoms with Crippen molar-refractivity contribution in [2.45, 2.75) is 12.2 Å². The van der Waals surface area contributed by atoms with Crippen molar-refractivity contribution in [1.82, 2.24) is 5.32 Å². The van der Waals surface area contributed by atoms with Crippen molar-refractivity contribution in [2.75, 3.05) is 20.8 Å². The third-order valence-corrected chi connectivity index (χ3v) is 2.93. The lowest BCUT2D eigenvalue weighted by atomic mass is 9.98. The highest BCUT2D eigenvalue weighted by molar-refractivity contribution is 5.86. The molecule has 86 valence electrons. The van der Waals surface area contributed by atoms with Crippen molar-refractivity contribution in [1.29, 1.82) is 0 Å². The fraction of sp³-hybridized carbons (Fsp3) is 0.417. The van der Waals surface area contributed by atoms with E-state index in [-0.39, 0.29) is 5.91 Å². The summed E-state index contributed by atoms with van der Waals surface area (Å²) in [6.45, 7) is 0.602. The van der Waals surface area contributed by atoms with E-state index in [1.807, 2.05) is 24.3 Å². The van der Waals surface area contributed by atoms with E-state index < -0.39 is 5.79 Å². The molecule has 2 rings (SSSR count). The van der Waals surface area contributed by atoms with Crippen LogP contribution in [-0.2, 0) is 26.5 Å². The molecule has 1 aromatic carbocycles. The van der Waals surface area contributed by atoms with Crippen LogP contribution >= 0.6 is 0 Å². The summed E-state index contributed by atoms with van der Waals surface area (Å²) >= 11 is 0. The van der Waals surface area contributed by atoms with Gasteiger partial charge in [0.15, 0.2) is 0 Å². The zero-order valence-corrected chi connectivity index (χ0v) is 9.45. The lowest BCUT2D eigenvalue weighted by Gasteiger charge is -2.29. The van der Waals surface area contributed by atoms with E-state index in [0.29, 0.717) is 6.54 Å². The summed E-state index contributed by atoms with van der Waals surface area (Å²) in [4.78, 5) is 12.0. The topological polar surface area (TPSA) is 47.6 Å². The summed E-state index contributed by atoms with van der Waals surface area (Å²) in [6.07, 6.45) is 0.788. The third-order valence-electron chi connectivity index (χ3n) is 2.93.